The Labute approximate surface area is 171 Å². The predicted octanol–water partition coefficient (Wildman–Crippen LogP) is 2.06. The van der Waals surface area contributed by atoms with E-state index in [4.69, 9.17) is 4.74 Å². The largest absolute Gasteiger partial charge is 0.497 e. The lowest BCUT2D eigenvalue weighted by molar-refractivity contribution is -0.119. The molecule has 4 rings (SSSR count). The number of hydrogen-bond donors (Lipinski definition) is 0. The first kappa shape index (κ1) is 19.2. The summed E-state index contributed by atoms with van der Waals surface area (Å²) in [5.74, 6) is 1.71. The second-order valence-corrected chi connectivity index (χ2v) is 7.39. The molecule has 2 aromatic rings. The number of rotatable bonds is 4. The van der Waals surface area contributed by atoms with Crippen molar-refractivity contribution in [1.82, 2.24) is 9.88 Å². The number of carbonyl (C=O) groups excluding carboxylic acids is 1. The molecular weight excluding hydrogens is 366 g/mol. The van der Waals surface area contributed by atoms with E-state index in [1.54, 1.807) is 25.4 Å². The van der Waals surface area contributed by atoms with E-state index < -0.39 is 0 Å². The van der Waals surface area contributed by atoms with Crippen LogP contribution >= 0.6 is 0 Å². The number of aryl methyl sites for hydroxylation is 1. The molecule has 0 unspecified atom stereocenters. The van der Waals surface area contributed by atoms with Gasteiger partial charge in [0.05, 0.1) is 19.2 Å². The Bertz CT molecular complexity index is 931. The highest BCUT2D eigenvalue weighted by Gasteiger charge is 2.26. The van der Waals surface area contributed by atoms with Crippen molar-refractivity contribution in [3.8, 4) is 11.8 Å². The molecule has 1 aromatic carbocycles. The van der Waals surface area contributed by atoms with Gasteiger partial charge in [-0.1, -0.05) is 0 Å². The molecule has 2 aliphatic heterocycles. The van der Waals surface area contributed by atoms with Crippen LogP contribution < -0.4 is 14.5 Å². The number of methoxy groups -OCH3 is 1. The van der Waals surface area contributed by atoms with Gasteiger partial charge in [0.15, 0.2) is 0 Å². The summed E-state index contributed by atoms with van der Waals surface area (Å²) in [6.07, 6.45) is 3.66. The summed E-state index contributed by atoms with van der Waals surface area (Å²) in [6, 6.07) is 11.7. The second-order valence-electron chi connectivity index (χ2n) is 7.39. The van der Waals surface area contributed by atoms with Gasteiger partial charge in [0.25, 0.3) is 0 Å². The van der Waals surface area contributed by atoms with Gasteiger partial charge >= 0.3 is 0 Å². The number of ether oxygens (including phenoxy) is 1. The number of carbonyl (C=O) groups is 1. The maximum Gasteiger partial charge on any atom is 0.241 e. The molecule has 1 aromatic heterocycles. The Morgan fingerprint density at radius 1 is 1.21 bits per heavy atom. The molecule has 29 heavy (non-hydrogen) atoms. The highest BCUT2D eigenvalue weighted by Crippen LogP contribution is 2.30. The zero-order valence-electron chi connectivity index (χ0n) is 16.7. The average molecular weight is 391 g/mol. The van der Waals surface area contributed by atoms with E-state index >= 15 is 0 Å². The van der Waals surface area contributed by atoms with Crippen LogP contribution in [0.2, 0.25) is 0 Å². The molecule has 2 aliphatic rings. The number of piperazine rings is 1. The molecule has 3 heterocycles. The van der Waals surface area contributed by atoms with Crippen molar-refractivity contribution in [2.75, 3.05) is 56.2 Å². The number of pyridine rings is 1. The van der Waals surface area contributed by atoms with E-state index in [1.165, 1.54) is 5.56 Å². The number of hydrogen-bond acceptors (Lipinski definition) is 6. The van der Waals surface area contributed by atoms with Crippen LogP contribution in [0.15, 0.2) is 36.5 Å². The SMILES string of the molecule is COc1ccc2c(c1)CCCN2C(=O)CN1CCN(c2ncccc2C#N)CC1. The lowest BCUT2D eigenvalue weighted by Gasteiger charge is -2.37. The first-order valence-electron chi connectivity index (χ1n) is 9.99. The van der Waals surface area contributed by atoms with Crippen molar-refractivity contribution in [2.24, 2.45) is 0 Å². The van der Waals surface area contributed by atoms with Gasteiger partial charge in [-0.2, -0.15) is 5.26 Å². The summed E-state index contributed by atoms with van der Waals surface area (Å²) in [4.78, 5) is 23.6. The third-order valence-corrected chi connectivity index (χ3v) is 5.64. The molecule has 0 atom stereocenters. The number of benzene rings is 1. The summed E-state index contributed by atoms with van der Waals surface area (Å²) in [6.45, 7) is 4.23. The fraction of sp³-hybridized carbons (Fsp3) is 0.409. The number of amides is 1. The van der Waals surface area contributed by atoms with Crippen molar-refractivity contribution in [3.63, 3.8) is 0 Å². The van der Waals surface area contributed by atoms with Crippen molar-refractivity contribution >= 4 is 17.4 Å². The van der Waals surface area contributed by atoms with Gasteiger partial charge in [-0.05, 0) is 48.7 Å². The molecule has 7 heteroatoms. The van der Waals surface area contributed by atoms with E-state index in [2.05, 4.69) is 20.9 Å². The van der Waals surface area contributed by atoms with Crippen LogP contribution in [0.4, 0.5) is 11.5 Å². The number of nitriles is 1. The van der Waals surface area contributed by atoms with Crippen molar-refractivity contribution in [3.05, 3.63) is 47.7 Å². The maximum atomic E-state index is 13.0. The molecular formula is C22H25N5O2. The van der Waals surface area contributed by atoms with Crippen LogP contribution in [0, 0.1) is 11.3 Å². The first-order valence-corrected chi connectivity index (χ1v) is 9.99. The number of anilines is 2. The highest BCUT2D eigenvalue weighted by atomic mass is 16.5. The van der Waals surface area contributed by atoms with Gasteiger partial charge in [0.2, 0.25) is 5.91 Å². The van der Waals surface area contributed by atoms with Gasteiger partial charge in [0.1, 0.15) is 17.6 Å². The summed E-state index contributed by atoms with van der Waals surface area (Å²) in [5.41, 5.74) is 2.78. The molecule has 0 N–H and O–H groups in total. The molecule has 0 bridgehead atoms. The molecule has 1 fully saturated rings. The smallest absolute Gasteiger partial charge is 0.241 e. The van der Waals surface area contributed by atoms with Crippen LogP contribution in [0.3, 0.4) is 0 Å². The fourth-order valence-corrected chi connectivity index (χ4v) is 4.09. The number of fused-ring (bicyclic) bond motifs is 1. The molecule has 0 aliphatic carbocycles. The van der Waals surface area contributed by atoms with E-state index in [-0.39, 0.29) is 5.91 Å². The van der Waals surface area contributed by atoms with Crippen molar-refractivity contribution in [1.29, 1.82) is 5.26 Å². The Balaban J connectivity index is 1.38. The summed E-state index contributed by atoms with van der Waals surface area (Å²) in [5, 5.41) is 9.29. The van der Waals surface area contributed by atoms with E-state index in [1.807, 2.05) is 23.1 Å². The van der Waals surface area contributed by atoms with Gasteiger partial charge in [-0.25, -0.2) is 4.98 Å². The lowest BCUT2D eigenvalue weighted by atomic mass is 10.0. The zero-order valence-corrected chi connectivity index (χ0v) is 16.7. The second kappa shape index (κ2) is 8.50. The zero-order chi connectivity index (χ0) is 20.2. The third-order valence-electron chi connectivity index (χ3n) is 5.64. The molecule has 0 radical (unpaired) electrons. The first-order chi connectivity index (χ1) is 14.2. The van der Waals surface area contributed by atoms with Gasteiger partial charge < -0.3 is 14.5 Å². The topological polar surface area (TPSA) is 72.7 Å². The summed E-state index contributed by atoms with van der Waals surface area (Å²) < 4.78 is 5.32. The van der Waals surface area contributed by atoms with Crippen LogP contribution in [0.5, 0.6) is 5.75 Å². The molecule has 1 saturated heterocycles. The van der Waals surface area contributed by atoms with Gasteiger partial charge in [-0.15, -0.1) is 0 Å². The highest BCUT2D eigenvalue weighted by molar-refractivity contribution is 5.96. The monoisotopic (exact) mass is 391 g/mol. The maximum absolute atomic E-state index is 13.0. The molecule has 150 valence electrons. The standard InChI is InChI=1S/C22H25N5O2/c1-29-19-6-7-20-17(14-19)5-3-9-27(20)21(28)16-25-10-12-26(13-11-25)22-18(15-23)4-2-8-24-22/h2,4,6-8,14H,3,5,9-13,16H2,1H3. The van der Waals surface area contributed by atoms with Gasteiger partial charge in [0, 0.05) is 44.6 Å². The average Bonchev–Trinajstić information content (AvgIpc) is 2.78. The van der Waals surface area contributed by atoms with E-state index in [9.17, 15) is 10.1 Å². The minimum absolute atomic E-state index is 0.139. The van der Waals surface area contributed by atoms with E-state index in [0.29, 0.717) is 12.1 Å². The summed E-state index contributed by atoms with van der Waals surface area (Å²) >= 11 is 0. The molecule has 0 saturated carbocycles. The fourth-order valence-electron chi connectivity index (χ4n) is 4.09. The van der Waals surface area contributed by atoms with Crippen LogP contribution in [-0.4, -0.2) is 62.2 Å². The predicted molar refractivity (Wildman–Crippen MR) is 111 cm³/mol. The Kier molecular flexibility index (Phi) is 5.63. The Hall–Kier alpha value is -3.11. The third kappa shape index (κ3) is 4.03. The number of aromatic nitrogens is 1. The van der Waals surface area contributed by atoms with Crippen LogP contribution in [0.1, 0.15) is 17.5 Å². The Morgan fingerprint density at radius 2 is 2.03 bits per heavy atom. The Morgan fingerprint density at radius 3 is 2.79 bits per heavy atom. The normalized spacial score (nSPS) is 16.8. The minimum atomic E-state index is 0.139. The molecule has 7 nitrogen and oxygen atoms in total. The van der Waals surface area contributed by atoms with Gasteiger partial charge in [-0.3, -0.25) is 9.69 Å². The van der Waals surface area contributed by atoms with Crippen LogP contribution in [0.25, 0.3) is 0 Å². The number of nitrogens with zero attached hydrogens (tertiary/aromatic N) is 5. The van der Waals surface area contributed by atoms with Crippen molar-refractivity contribution in [2.45, 2.75) is 12.8 Å². The minimum Gasteiger partial charge on any atom is -0.497 e. The van der Waals surface area contributed by atoms with Crippen LogP contribution in [-0.2, 0) is 11.2 Å². The quantitative estimate of drug-likeness (QED) is 0.794. The lowest BCUT2D eigenvalue weighted by Crippen LogP contribution is -2.51. The molecule has 0 spiro atoms. The van der Waals surface area contributed by atoms with Crippen molar-refractivity contribution < 1.29 is 9.53 Å². The molecule has 1 amide bonds. The van der Waals surface area contributed by atoms with E-state index in [0.717, 1.165) is 62.8 Å². The summed E-state index contributed by atoms with van der Waals surface area (Å²) in [7, 11) is 1.66.